The summed E-state index contributed by atoms with van der Waals surface area (Å²) >= 11 is 6.64. The Morgan fingerprint density at radius 1 is 1.21 bits per heavy atom. The van der Waals surface area contributed by atoms with Gasteiger partial charge in [-0.25, -0.2) is 0 Å². The molecule has 94 valence electrons. The molecular formula is C15H9Br2NO. The van der Waals surface area contributed by atoms with Gasteiger partial charge in [-0.05, 0) is 46.3 Å². The summed E-state index contributed by atoms with van der Waals surface area (Å²) in [7, 11) is 0. The monoisotopic (exact) mass is 377 g/mol. The number of terminal acetylenes is 1. The van der Waals surface area contributed by atoms with E-state index in [1.54, 1.807) is 24.4 Å². The fraction of sp³-hybridized carbons (Fsp3) is 0. The van der Waals surface area contributed by atoms with Gasteiger partial charge in [0.1, 0.15) is 5.75 Å². The molecule has 0 aromatic heterocycles. The Labute approximate surface area is 128 Å². The van der Waals surface area contributed by atoms with Crippen LogP contribution in [0.4, 0.5) is 5.69 Å². The predicted octanol–water partition coefficient (Wildman–Crippen LogP) is 4.65. The van der Waals surface area contributed by atoms with Crippen molar-refractivity contribution in [2.75, 3.05) is 0 Å². The molecule has 0 radical (unpaired) electrons. The van der Waals surface area contributed by atoms with Gasteiger partial charge in [-0.1, -0.05) is 27.9 Å². The molecule has 0 aliphatic heterocycles. The first-order chi connectivity index (χ1) is 9.10. The third kappa shape index (κ3) is 3.46. The molecular weight excluding hydrogens is 370 g/mol. The Kier molecular flexibility index (Phi) is 4.41. The molecule has 0 saturated carbocycles. The fourth-order valence-electron chi connectivity index (χ4n) is 1.50. The van der Waals surface area contributed by atoms with Crippen molar-refractivity contribution in [1.29, 1.82) is 0 Å². The van der Waals surface area contributed by atoms with Gasteiger partial charge in [0.15, 0.2) is 0 Å². The van der Waals surface area contributed by atoms with Crippen LogP contribution in [-0.4, -0.2) is 11.3 Å². The van der Waals surface area contributed by atoms with Gasteiger partial charge in [0.2, 0.25) is 0 Å². The minimum Gasteiger partial charge on any atom is -0.506 e. The largest absolute Gasteiger partial charge is 0.506 e. The van der Waals surface area contributed by atoms with Crippen LogP contribution in [0.1, 0.15) is 11.1 Å². The van der Waals surface area contributed by atoms with Crippen molar-refractivity contribution < 1.29 is 5.11 Å². The van der Waals surface area contributed by atoms with Gasteiger partial charge >= 0.3 is 0 Å². The zero-order valence-electron chi connectivity index (χ0n) is 9.77. The minimum atomic E-state index is 0.153. The number of benzene rings is 2. The molecule has 0 spiro atoms. The summed E-state index contributed by atoms with van der Waals surface area (Å²) in [5.74, 6) is 2.71. The molecule has 4 heteroatoms. The second-order valence-electron chi connectivity index (χ2n) is 3.78. The first kappa shape index (κ1) is 13.9. The Hall–Kier alpha value is -1.57. The highest BCUT2D eigenvalue weighted by Gasteiger charge is 2.05. The Bertz CT molecular complexity index is 687. The van der Waals surface area contributed by atoms with E-state index < -0.39 is 0 Å². The molecule has 0 aliphatic rings. The van der Waals surface area contributed by atoms with Crippen molar-refractivity contribution in [3.05, 3.63) is 56.5 Å². The quantitative estimate of drug-likeness (QED) is 0.598. The average molecular weight is 379 g/mol. The smallest absolute Gasteiger partial charge is 0.138 e. The second kappa shape index (κ2) is 6.05. The summed E-state index contributed by atoms with van der Waals surface area (Å²) in [6, 6.07) is 10.9. The summed E-state index contributed by atoms with van der Waals surface area (Å²) in [6.45, 7) is 0. The average Bonchev–Trinajstić information content (AvgIpc) is 2.41. The highest BCUT2D eigenvalue weighted by molar-refractivity contribution is 9.11. The third-order valence-corrected chi connectivity index (χ3v) is 3.49. The molecule has 2 nitrogen and oxygen atoms in total. The summed E-state index contributed by atoms with van der Waals surface area (Å²) in [5.41, 5.74) is 2.13. The van der Waals surface area contributed by atoms with E-state index in [-0.39, 0.29) is 5.75 Å². The van der Waals surface area contributed by atoms with Gasteiger partial charge in [-0.15, -0.1) is 6.42 Å². The molecule has 0 amide bonds. The van der Waals surface area contributed by atoms with Crippen molar-refractivity contribution in [3.63, 3.8) is 0 Å². The number of aromatic hydroxyl groups is 1. The van der Waals surface area contributed by atoms with E-state index in [0.717, 1.165) is 15.7 Å². The van der Waals surface area contributed by atoms with E-state index in [9.17, 15) is 5.11 Å². The normalized spacial score (nSPS) is 10.6. The van der Waals surface area contributed by atoms with E-state index in [2.05, 4.69) is 42.8 Å². The number of halogens is 2. The van der Waals surface area contributed by atoms with Gasteiger partial charge < -0.3 is 5.11 Å². The number of hydrogen-bond donors (Lipinski definition) is 1. The molecule has 2 aromatic carbocycles. The molecule has 2 rings (SSSR count). The molecule has 0 atom stereocenters. The zero-order valence-corrected chi connectivity index (χ0v) is 12.9. The molecule has 2 aromatic rings. The molecule has 0 aliphatic carbocycles. The lowest BCUT2D eigenvalue weighted by Crippen LogP contribution is -1.84. The minimum absolute atomic E-state index is 0.153. The number of nitrogens with zero attached hydrogens (tertiary/aromatic N) is 1. The third-order valence-electron chi connectivity index (χ3n) is 2.42. The van der Waals surface area contributed by atoms with Gasteiger partial charge in [0, 0.05) is 21.8 Å². The number of hydrogen-bond acceptors (Lipinski definition) is 2. The number of phenolic OH excluding ortho intramolecular Hbond substituents is 1. The van der Waals surface area contributed by atoms with Crippen LogP contribution in [0.5, 0.6) is 5.75 Å². The van der Waals surface area contributed by atoms with Crippen molar-refractivity contribution in [1.82, 2.24) is 0 Å². The molecule has 1 N–H and O–H groups in total. The van der Waals surface area contributed by atoms with Gasteiger partial charge in [0.05, 0.1) is 10.2 Å². The lowest BCUT2D eigenvalue weighted by molar-refractivity contribution is 0.471. The van der Waals surface area contributed by atoms with Crippen LogP contribution in [-0.2, 0) is 0 Å². The van der Waals surface area contributed by atoms with Crippen molar-refractivity contribution in [2.45, 2.75) is 0 Å². The topological polar surface area (TPSA) is 32.6 Å². The number of phenols is 1. The van der Waals surface area contributed by atoms with Gasteiger partial charge in [0.25, 0.3) is 0 Å². The fourth-order valence-corrected chi connectivity index (χ4v) is 2.76. The van der Waals surface area contributed by atoms with Crippen molar-refractivity contribution >= 4 is 43.8 Å². The first-order valence-corrected chi connectivity index (χ1v) is 6.97. The Morgan fingerprint density at radius 3 is 2.74 bits per heavy atom. The van der Waals surface area contributed by atoms with E-state index in [1.165, 1.54) is 0 Å². The molecule has 0 bridgehead atoms. The second-order valence-corrected chi connectivity index (χ2v) is 5.55. The highest BCUT2D eigenvalue weighted by Crippen LogP contribution is 2.31. The van der Waals surface area contributed by atoms with Gasteiger partial charge in [-0.2, -0.15) is 0 Å². The Morgan fingerprint density at radius 2 is 2.00 bits per heavy atom. The van der Waals surface area contributed by atoms with Gasteiger partial charge in [-0.3, -0.25) is 4.99 Å². The van der Waals surface area contributed by atoms with E-state index in [1.807, 2.05) is 18.2 Å². The van der Waals surface area contributed by atoms with Crippen LogP contribution < -0.4 is 0 Å². The van der Waals surface area contributed by atoms with Crippen molar-refractivity contribution in [3.8, 4) is 18.1 Å². The summed E-state index contributed by atoms with van der Waals surface area (Å²) in [4.78, 5) is 4.31. The van der Waals surface area contributed by atoms with E-state index in [4.69, 9.17) is 6.42 Å². The SMILES string of the molecule is C#Cc1cccc(/N=C/c2cc(Br)cc(Br)c2O)c1. The Balaban J connectivity index is 2.35. The number of aliphatic imine (C=N–C) groups is 1. The van der Waals surface area contributed by atoms with Crippen LogP contribution >= 0.6 is 31.9 Å². The summed E-state index contributed by atoms with van der Waals surface area (Å²) in [6.07, 6.45) is 6.93. The molecule has 0 fully saturated rings. The van der Waals surface area contributed by atoms with E-state index >= 15 is 0 Å². The summed E-state index contributed by atoms with van der Waals surface area (Å²) < 4.78 is 1.47. The molecule has 0 unspecified atom stereocenters. The maximum absolute atomic E-state index is 9.91. The standard InChI is InChI=1S/C15H9Br2NO/c1-2-10-4-3-5-13(6-10)18-9-11-7-12(16)8-14(17)15(11)19/h1,3-9,19H/b18-9+. The van der Waals surface area contributed by atoms with Crippen LogP contribution in [0, 0.1) is 12.3 Å². The number of rotatable bonds is 2. The summed E-state index contributed by atoms with van der Waals surface area (Å²) in [5, 5.41) is 9.91. The first-order valence-electron chi connectivity index (χ1n) is 5.39. The van der Waals surface area contributed by atoms with Crippen molar-refractivity contribution in [2.24, 2.45) is 4.99 Å². The highest BCUT2D eigenvalue weighted by atomic mass is 79.9. The maximum atomic E-state index is 9.91. The lowest BCUT2D eigenvalue weighted by Gasteiger charge is -2.02. The molecule has 0 saturated heterocycles. The molecule has 19 heavy (non-hydrogen) atoms. The van der Waals surface area contributed by atoms with Crippen LogP contribution in [0.15, 0.2) is 50.3 Å². The van der Waals surface area contributed by atoms with Crippen LogP contribution in [0.3, 0.4) is 0 Å². The zero-order chi connectivity index (χ0) is 13.8. The van der Waals surface area contributed by atoms with Crippen LogP contribution in [0.25, 0.3) is 0 Å². The molecule has 0 heterocycles. The predicted molar refractivity (Wildman–Crippen MR) is 85.1 cm³/mol. The van der Waals surface area contributed by atoms with Crippen LogP contribution in [0.2, 0.25) is 0 Å². The maximum Gasteiger partial charge on any atom is 0.138 e. The lowest BCUT2D eigenvalue weighted by atomic mass is 10.2. The van der Waals surface area contributed by atoms with E-state index in [0.29, 0.717) is 10.0 Å².